The molecule has 1 atom stereocenters. The van der Waals surface area contributed by atoms with Crippen LogP contribution in [0.15, 0.2) is 180 Å². The van der Waals surface area contributed by atoms with E-state index in [1.807, 2.05) is 42.6 Å². The molecule has 4 heterocycles. The molecule has 0 N–H and O–H groups in total. The van der Waals surface area contributed by atoms with Gasteiger partial charge < -0.3 is 8.98 Å². The van der Waals surface area contributed by atoms with Crippen LogP contribution in [0, 0.1) is 0 Å². The van der Waals surface area contributed by atoms with Gasteiger partial charge in [-0.15, -0.1) is 0 Å². The lowest BCUT2D eigenvalue weighted by Gasteiger charge is -2.25. The Bertz CT molecular complexity index is 3100. The van der Waals surface area contributed by atoms with Crippen molar-refractivity contribution in [2.45, 2.75) is 12.3 Å². The third-order valence-electron chi connectivity index (χ3n) is 10.8. The number of fused-ring (bicyclic) bond motifs is 7. The SMILES string of the molecule is C1=C(c2ccnc3c2oc2ccccc23)C=C(n2c3ccccc3c3ccccc32)CC1c1cc(-c2ccc3ccccc3c2)nc(-c2ccccc2)n1. The molecule has 5 heteroatoms. The van der Waals surface area contributed by atoms with Crippen LogP contribution in [-0.2, 0) is 0 Å². The number of pyridine rings is 1. The lowest BCUT2D eigenvalue weighted by Crippen LogP contribution is -2.11. The van der Waals surface area contributed by atoms with Crippen molar-refractivity contribution in [3.8, 4) is 22.6 Å². The van der Waals surface area contributed by atoms with Crippen molar-refractivity contribution in [1.29, 1.82) is 0 Å². The molecule has 10 aromatic rings. The van der Waals surface area contributed by atoms with Gasteiger partial charge in [-0.1, -0.05) is 121 Å². The molecule has 0 amide bonds. The van der Waals surface area contributed by atoms with Gasteiger partial charge in [0.1, 0.15) is 11.1 Å². The van der Waals surface area contributed by atoms with E-state index in [1.165, 1.54) is 38.3 Å². The number of nitrogens with zero attached hydrogens (tertiary/aromatic N) is 4. The summed E-state index contributed by atoms with van der Waals surface area (Å²) in [6.07, 6.45) is 7.33. The van der Waals surface area contributed by atoms with Crippen LogP contribution in [0.5, 0.6) is 0 Å². The van der Waals surface area contributed by atoms with Crippen LogP contribution < -0.4 is 0 Å². The highest BCUT2D eigenvalue weighted by Gasteiger charge is 2.26. The number of hydrogen-bond donors (Lipinski definition) is 0. The van der Waals surface area contributed by atoms with E-state index < -0.39 is 0 Å². The fraction of sp³-hybridized carbons (Fsp3) is 0.0408. The summed E-state index contributed by atoms with van der Waals surface area (Å²) < 4.78 is 9.00. The van der Waals surface area contributed by atoms with E-state index in [1.54, 1.807) is 0 Å². The summed E-state index contributed by atoms with van der Waals surface area (Å²) in [6.45, 7) is 0. The molecule has 0 bridgehead atoms. The molecule has 1 aliphatic rings. The zero-order valence-corrected chi connectivity index (χ0v) is 29.2. The van der Waals surface area contributed by atoms with Crippen LogP contribution >= 0.6 is 0 Å². The summed E-state index contributed by atoms with van der Waals surface area (Å²) in [6, 6.07) is 55.1. The molecule has 11 rings (SSSR count). The molecule has 254 valence electrons. The average molecular weight is 693 g/mol. The minimum Gasteiger partial charge on any atom is -0.454 e. The van der Waals surface area contributed by atoms with Gasteiger partial charge >= 0.3 is 0 Å². The molecule has 4 aromatic heterocycles. The largest absolute Gasteiger partial charge is 0.454 e. The Morgan fingerprint density at radius 3 is 2.11 bits per heavy atom. The summed E-state index contributed by atoms with van der Waals surface area (Å²) in [7, 11) is 0. The Labute approximate surface area is 311 Å². The predicted octanol–water partition coefficient (Wildman–Crippen LogP) is 12.5. The van der Waals surface area contributed by atoms with Crippen molar-refractivity contribution in [2.75, 3.05) is 0 Å². The standard InChI is InChI=1S/C49H32N4O/c1-2-13-32(14-3-1)49-51-42(34-23-22-31-12-4-5-15-33(31)26-34)30-43(52-49)36-27-35(38-24-25-50-47-41-18-8-11-21-46(41)54-48(38)47)28-37(29-36)53-44-19-9-6-16-39(44)40-17-7-10-20-45(40)53/h1-28,30,36H,29H2. The van der Waals surface area contributed by atoms with Crippen molar-refractivity contribution in [2.24, 2.45) is 0 Å². The molecule has 1 aliphatic carbocycles. The molecular weight excluding hydrogens is 661 g/mol. The van der Waals surface area contributed by atoms with Crippen LogP contribution in [-0.4, -0.2) is 19.5 Å². The first-order valence-corrected chi connectivity index (χ1v) is 18.4. The number of allylic oxidation sites excluding steroid dienone is 4. The summed E-state index contributed by atoms with van der Waals surface area (Å²) in [5.41, 5.74) is 12.0. The first kappa shape index (κ1) is 30.5. The number of para-hydroxylation sites is 3. The average Bonchev–Trinajstić information content (AvgIpc) is 3.80. The molecule has 0 spiro atoms. The molecule has 5 nitrogen and oxygen atoms in total. The van der Waals surface area contributed by atoms with E-state index in [0.29, 0.717) is 5.82 Å². The Morgan fingerprint density at radius 1 is 0.593 bits per heavy atom. The summed E-state index contributed by atoms with van der Waals surface area (Å²) in [5.74, 6) is 0.639. The van der Waals surface area contributed by atoms with Gasteiger partial charge in [-0.25, -0.2) is 9.97 Å². The van der Waals surface area contributed by atoms with Crippen molar-refractivity contribution >= 4 is 65.9 Å². The molecule has 0 aliphatic heterocycles. The predicted molar refractivity (Wildman–Crippen MR) is 221 cm³/mol. The van der Waals surface area contributed by atoms with Crippen molar-refractivity contribution < 1.29 is 4.42 Å². The van der Waals surface area contributed by atoms with Gasteiger partial charge in [0.15, 0.2) is 11.4 Å². The number of rotatable bonds is 5. The first-order valence-electron chi connectivity index (χ1n) is 18.4. The zero-order chi connectivity index (χ0) is 35.6. The van der Waals surface area contributed by atoms with E-state index in [-0.39, 0.29) is 5.92 Å². The molecule has 0 fully saturated rings. The van der Waals surface area contributed by atoms with Gasteiger partial charge in [0.25, 0.3) is 0 Å². The number of aromatic nitrogens is 4. The molecule has 0 saturated heterocycles. The molecule has 54 heavy (non-hydrogen) atoms. The van der Waals surface area contributed by atoms with Crippen molar-refractivity contribution in [3.05, 3.63) is 187 Å². The normalized spacial score (nSPS) is 14.6. The first-order chi connectivity index (χ1) is 26.7. The van der Waals surface area contributed by atoms with Crippen LogP contribution in [0.4, 0.5) is 0 Å². The lowest BCUT2D eigenvalue weighted by molar-refractivity contribution is 0.666. The van der Waals surface area contributed by atoms with Gasteiger partial charge in [0.05, 0.1) is 22.4 Å². The molecule has 0 saturated carbocycles. The maximum atomic E-state index is 6.57. The quantitative estimate of drug-likeness (QED) is 0.180. The molecular formula is C49H32N4O. The molecule has 1 unspecified atom stereocenters. The molecule has 6 aromatic carbocycles. The van der Waals surface area contributed by atoms with E-state index in [4.69, 9.17) is 19.4 Å². The van der Waals surface area contributed by atoms with Gasteiger partial charge in [0.2, 0.25) is 0 Å². The van der Waals surface area contributed by atoms with Crippen LogP contribution in [0.2, 0.25) is 0 Å². The third kappa shape index (κ3) is 4.97. The fourth-order valence-electron chi connectivity index (χ4n) is 8.23. The summed E-state index contributed by atoms with van der Waals surface area (Å²) in [5, 5.41) is 5.86. The van der Waals surface area contributed by atoms with E-state index in [2.05, 4.69) is 138 Å². The van der Waals surface area contributed by atoms with E-state index in [9.17, 15) is 0 Å². The zero-order valence-electron chi connectivity index (χ0n) is 29.2. The van der Waals surface area contributed by atoms with E-state index >= 15 is 0 Å². The topological polar surface area (TPSA) is 56.7 Å². The maximum absolute atomic E-state index is 6.57. The van der Waals surface area contributed by atoms with Crippen molar-refractivity contribution in [3.63, 3.8) is 0 Å². The fourth-order valence-corrected chi connectivity index (χ4v) is 8.23. The second-order valence-corrected chi connectivity index (χ2v) is 14.0. The lowest BCUT2D eigenvalue weighted by atomic mass is 9.87. The smallest absolute Gasteiger partial charge is 0.161 e. The van der Waals surface area contributed by atoms with Gasteiger partial charge in [-0.2, -0.15) is 0 Å². The molecule has 0 radical (unpaired) electrons. The van der Waals surface area contributed by atoms with Crippen LogP contribution in [0.3, 0.4) is 0 Å². The number of benzene rings is 6. The Balaban J connectivity index is 1.15. The monoisotopic (exact) mass is 692 g/mol. The highest BCUT2D eigenvalue weighted by molar-refractivity contribution is 6.11. The van der Waals surface area contributed by atoms with Gasteiger partial charge in [-0.05, 0) is 71.3 Å². The highest BCUT2D eigenvalue weighted by Crippen LogP contribution is 2.43. The third-order valence-corrected chi connectivity index (χ3v) is 10.8. The van der Waals surface area contributed by atoms with Crippen molar-refractivity contribution in [1.82, 2.24) is 19.5 Å². The highest BCUT2D eigenvalue weighted by atomic mass is 16.3. The van der Waals surface area contributed by atoms with E-state index in [0.717, 1.165) is 62.1 Å². The second-order valence-electron chi connectivity index (χ2n) is 14.0. The maximum Gasteiger partial charge on any atom is 0.161 e. The van der Waals surface area contributed by atoms with Gasteiger partial charge in [0, 0.05) is 50.7 Å². The Kier molecular flexibility index (Phi) is 6.92. The Hall–Kier alpha value is -7.11. The minimum absolute atomic E-state index is 0.0720. The minimum atomic E-state index is -0.0720. The van der Waals surface area contributed by atoms with Crippen LogP contribution in [0.25, 0.3) is 88.6 Å². The van der Waals surface area contributed by atoms with Crippen LogP contribution in [0.1, 0.15) is 23.6 Å². The summed E-state index contributed by atoms with van der Waals surface area (Å²) in [4.78, 5) is 15.3. The summed E-state index contributed by atoms with van der Waals surface area (Å²) >= 11 is 0. The Morgan fingerprint density at radius 2 is 1.30 bits per heavy atom. The number of hydrogen-bond acceptors (Lipinski definition) is 4. The van der Waals surface area contributed by atoms with Gasteiger partial charge in [-0.3, -0.25) is 4.98 Å². The number of furan rings is 1. The second kappa shape index (κ2) is 12.2.